The second-order valence-corrected chi connectivity index (χ2v) is 5.74. The molecule has 132 valence electrons. The van der Waals surface area contributed by atoms with Gasteiger partial charge in [-0.05, 0) is 6.92 Å². The van der Waals surface area contributed by atoms with Gasteiger partial charge >= 0.3 is 24.0 Å². The highest BCUT2D eigenvalue weighted by molar-refractivity contribution is 9.09. The van der Waals surface area contributed by atoms with E-state index in [0.717, 1.165) is 13.8 Å². The van der Waals surface area contributed by atoms with Crippen molar-refractivity contribution in [2.75, 3.05) is 0 Å². The SMILES string of the molecule is CC(=O)O[C@@H]1[C@@H](NC(=O)C(F)(F)F)[C@H](OC(C)=O)[C@@H](Br)O[C@@H]1C. The topological polar surface area (TPSA) is 90.9 Å². The van der Waals surface area contributed by atoms with Crippen LogP contribution < -0.4 is 5.32 Å². The zero-order valence-corrected chi connectivity index (χ0v) is 13.9. The Balaban J connectivity index is 3.12. The molecule has 1 saturated heterocycles. The molecule has 1 aliphatic rings. The third-order valence-corrected chi connectivity index (χ3v) is 3.67. The van der Waals surface area contributed by atoms with E-state index in [-0.39, 0.29) is 0 Å². The molecule has 11 heteroatoms. The van der Waals surface area contributed by atoms with E-state index in [1.54, 1.807) is 5.32 Å². The fourth-order valence-electron chi connectivity index (χ4n) is 2.08. The maximum atomic E-state index is 12.5. The molecule has 0 bridgehead atoms. The first-order valence-corrected chi connectivity index (χ1v) is 7.36. The Bertz CT molecular complexity index is 458. The van der Waals surface area contributed by atoms with Crippen molar-refractivity contribution in [3.05, 3.63) is 0 Å². The molecule has 0 aromatic rings. The quantitative estimate of drug-likeness (QED) is 0.557. The number of esters is 2. The van der Waals surface area contributed by atoms with E-state index in [4.69, 9.17) is 14.2 Å². The van der Waals surface area contributed by atoms with Gasteiger partial charge in [-0.15, -0.1) is 0 Å². The number of hydrogen-bond acceptors (Lipinski definition) is 6. The Labute approximate surface area is 137 Å². The number of hydrogen-bond donors (Lipinski definition) is 1. The van der Waals surface area contributed by atoms with Crippen LogP contribution in [-0.2, 0) is 28.6 Å². The summed E-state index contributed by atoms with van der Waals surface area (Å²) < 4.78 is 52.7. The number of amides is 1. The van der Waals surface area contributed by atoms with Crippen LogP contribution in [0.1, 0.15) is 20.8 Å². The van der Waals surface area contributed by atoms with Crippen LogP contribution in [0.25, 0.3) is 0 Å². The van der Waals surface area contributed by atoms with E-state index in [2.05, 4.69) is 15.9 Å². The molecule has 1 rings (SSSR count). The molecule has 1 N–H and O–H groups in total. The Hall–Kier alpha value is -1.36. The minimum absolute atomic E-state index is 0.786. The van der Waals surface area contributed by atoms with Crippen molar-refractivity contribution in [2.45, 2.75) is 56.3 Å². The zero-order valence-electron chi connectivity index (χ0n) is 12.3. The predicted molar refractivity (Wildman–Crippen MR) is 72.4 cm³/mol. The standard InChI is InChI=1S/C12H15BrF3NO6/c1-4-8(22-5(2)18)7(17-11(20)12(14,15)16)9(10(13)21-4)23-6(3)19/h4,7-10H,1-3H3,(H,17,20)/t4-,7-,8+,9+,10+/m1/s1. The van der Waals surface area contributed by atoms with Gasteiger partial charge in [-0.25, -0.2) is 0 Å². The minimum Gasteiger partial charge on any atom is -0.457 e. The normalized spacial score (nSPS) is 31.2. The monoisotopic (exact) mass is 405 g/mol. The van der Waals surface area contributed by atoms with Crippen molar-refractivity contribution in [3.8, 4) is 0 Å². The van der Waals surface area contributed by atoms with Crippen LogP contribution in [0, 0.1) is 0 Å². The number of nitrogens with one attached hydrogen (secondary N) is 1. The van der Waals surface area contributed by atoms with E-state index in [1.165, 1.54) is 6.92 Å². The van der Waals surface area contributed by atoms with E-state index in [0.29, 0.717) is 0 Å². The number of ether oxygens (including phenoxy) is 3. The summed E-state index contributed by atoms with van der Waals surface area (Å²) in [6.07, 6.45) is -8.59. The van der Waals surface area contributed by atoms with Gasteiger partial charge in [0.25, 0.3) is 0 Å². The lowest BCUT2D eigenvalue weighted by Gasteiger charge is -2.43. The summed E-state index contributed by atoms with van der Waals surface area (Å²) in [4.78, 5) is 33.6. The van der Waals surface area contributed by atoms with Crippen LogP contribution in [0.3, 0.4) is 0 Å². The first-order valence-electron chi connectivity index (χ1n) is 6.45. The van der Waals surface area contributed by atoms with Crippen molar-refractivity contribution in [1.82, 2.24) is 5.32 Å². The zero-order chi connectivity index (χ0) is 17.9. The fraction of sp³-hybridized carbons (Fsp3) is 0.750. The molecular formula is C12H15BrF3NO6. The molecular weight excluding hydrogens is 391 g/mol. The van der Waals surface area contributed by atoms with Gasteiger partial charge in [-0.1, -0.05) is 15.9 Å². The molecule has 7 nitrogen and oxygen atoms in total. The fourth-order valence-corrected chi connectivity index (χ4v) is 2.86. The molecule has 23 heavy (non-hydrogen) atoms. The molecule has 0 saturated carbocycles. The van der Waals surface area contributed by atoms with Crippen molar-refractivity contribution in [1.29, 1.82) is 0 Å². The molecule has 0 radical (unpaired) electrons. The highest BCUT2D eigenvalue weighted by atomic mass is 79.9. The van der Waals surface area contributed by atoms with Crippen LogP contribution in [0.2, 0.25) is 0 Å². The average Bonchev–Trinajstić information content (AvgIpc) is 2.36. The third-order valence-electron chi connectivity index (χ3n) is 2.93. The summed E-state index contributed by atoms with van der Waals surface area (Å²) in [5, 5.41) is 0.708. The molecule has 0 unspecified atom stereocenters. The van der Waals surface area contributed by atoms with Crippen LogP contribution in [0.5, 0.6) is 0 Å². The van der Waals surface area contributed by atoms with Gasteiger partial charge in [0, 0.05) is 13.8 Å². The van der Waals surface area contributed by atoms with Gasteiger partial charge in [0.05, 0.1) is 6.10 Å². The molecule has 0 spiro atoms. The number of carbonyl (C=O) groups is 3. The van der Waals surface area contributed by atoms with Crippen molar-refractivity contribution < 1.29 is 41.8 Å². The summed E-state index contributed by atoms with van der Waals surface area (Å²) in [6, 6.07) is -1.44. The van der Waals surface area contributed by atoms with Crippen LogP contribution in [-0.4, -0.2) is 53.4 Å². The summed E-state index contributed by atoms with van der Waals surface area (Å²) in [7, 11) is 0. The summed E-state index contributed by atoms with van der Waals surface area (Å²) in [5.41, 5.74) is 0. The maximum Gasteiger partial charge on any atom is 0.471 e. The molecule has 0 aliphatic carbocycles. The van der Waals surface area contributed by atoms with Gasteiger partial charge in [0.15, 0.2) is 17.2 Å². The minimum atomic E-state index is -5.15. The van der Waals surface area contributed by atoms with Crippen LogP contribution in [0.15, 0.2) is 0 Å². The van der Waals surface area contributed by atoms with Crippen LogP contribution in [0.4, 0.5) is 13.2 Å². The first-order chi connectivity index (χ1) is 10.4. The largest absolute Gasteiger partial charge is 0.471 e. The number of rotatable bonds is 3. The number of alkyl halides is 4. The lowest BCUT2D eigenvalue weighted by Crippen LogP contribution is -2.65. The highest BCUT2D eigenvalue weighted by Crippen LogP contribution is 2.30. The lowest BCUT2D eigenvalue weighted by atomic mass is 9.97. The number of halogens is 4. The van der Waals surface area contributed by atoms with Crippen LogP contribution >= 0.6 is 15.9 Å². The predicted octanol–water partition coefficient (Wildman–Crippen LogP) is 1.04. The summed E-state index contributed by atoms with van der Waals surface area (Å²) in [5.74, 6) is -3.83. The summed E-state index contributed by atoms with van der Waals surface area (Å²) >= 11 is 3.03. The van der Waals surface area contributed by atoms with Gasteiger partial charge in [0.1, 0.15) is 6.04 Å². The van der Waals surface area contributed by atoms with Gasteiger partial charge in [0.2, 0.25) is 0 Å². The summed E-state index contributed by atoms with van der Waals surface area (Å²) in [6.45, 7) is 3.54. The van der Waals surface area contributed by atoms with Gasteiger partial charge in [-0.3, -0.25) is 14.4 Å². The van der Waals surface area contributed by atoms with E-state index >= 15 is 0 Å². The Morgan fingerprint density at radius 2 is 1.57 bits per heavy atom. The molecule has 1 aliphatic heterocycles. The molecule has 0 aromatic heterocycles. The van der Waals surface area contributed by atoms with Crippen molar-refractivity contribution in [2.24, 2.45) is 0 Å². The lowest BCUT2D eigenvalue weighted by molar-refractivity contribution is -0.200. The van der Waals surface area contributed by atoms with Crippen molar-refractivity contribution in [3.63, 3.8) is 0 Å². The second-order valence-electron chi connectivity index (χ2n) is 4.84. The maximum absolute atomic E-state index is 12.5. The number of carbonyl (C=O) groups excluding carboxylic acids is 3. The molecule has 5 atom stereocenters. The van der Waals surface area contributed by atoms with Gasteiger partial charge < -0.3 is 19.5 Å². The Kier molecular flexibility index (Phi) is 6.40. The Morgan fingerprint density at radius 3 is 2.00 bits per heavy atom. The van der Waals surface area contributed by atoms with Gasteiger partial charge in [-0.2, -0.15) is 13.2 Å². The van der Waals surface area contributed by atoms with E-state index < -0.39 is 53.4 Å². The second kappa shape index (κ2) is 7.47. The van der Waals surface area contributed by atoms with E-state index in [9.17, 15) is 27.6 Å². The smallest absolute Gasteiger partial charge is 0.457 e. The van der Waals surface area contributed by atoms with Crippen molar-refractivity contribution >= 4 is 33.8 Å². The first kappa shape index (κ1) is 19.7. The molecule has 1 amide bonds. The molecule has 1 fully saturated rings. The Morgan fingerprint density at radius 1 is 1.09 bits per heavy atom. The highest BCUT2D eigenvalue weighted by Gasteiger charge is 2.51. The molecule has 0 aromatic carbocycles. The average molecular weight is 406 g/mol. The molecule has 1 heterocycles. The third kappa shape index (κ3) is 5.34. The van der Waals surface area contributed by atoms with E-state index in [1.807, 2.05) is 0 Å².